The van der Waals surface area contributed by atoms with Gasteiger partial charge >= 0.3 is 0 Å². The van der Waals surface area contributed by atoms with Gasteiger partial charge in [0.15, 0.2) is 0 Å². The number of fused-ring (bicyclic) bond motifs is 1. The van der Waals surface area contributed by atoms with Crippen molar-refractivity contribution in [2.24, 2.45) is 17.1 Å². The lowest BCUT2D eigenvalue weighted by atomic mass is 9.71. The van der Waals surface area contributed by atoms with Gasteiger partial charge in [-0.1, -0.05) is 30.3 Å². The summed E-state index contributed by atoms with van der Waals surface area (Å²) in [5, 5.41) is 5.35. The summed E-state index contributed by atoms with van der Waals surface area (Å²) in [7, 11) is 0. The van der Waals surface area contributed by atoms with Crippen LogP contribution >= 0.6 is 0 Å². The second-order valence-corrected chi connectivity index (χ2v) is 9.80. The van der Waals surface area contributed by atoms with Crippen LogP contribution in [-0.4, -0.2) is 21.6 Å². The van der Waals surface area contributed by atoms with Gasteiger partial charge in [0.05, 0.1) is 28.4 Å². The van der Waals surface area contributed by atoms with Crippen LogP contribution in [0.3, 0.4) is 0 Å². The van der Waals surface area contributed by atoms with E-state index in [-0.39, 0.29) is 30.0 Å². The molecule has 176 valence electrons. The number of hydrogen-bond donors (Lipinski definition) is 1. The highest BCUT2D eigenvalue weighted by atomic mass is 19.1. The molecule has 2 heterocycles. The number of aromatic nitrogens is 2. The highest BCUT2D eigenvalue weighted by Gasteiger charge is 2.66. The van der Waals surface area contributed by atoms with Crippen LogP contribution in [0.5, 0.6) is 0 Å². The van der Waals surface area contributed by atoms with Crippen molar-refractivity contribution in [3.63, 3.8) is 0 Å². The highest BCUT2D eigenvalue weighted by Crippen LogP contribution is 2.63. The van der Waals surface area contributed by atoms with Gasteiger partial charge < -0.3 is 10.6 Å². The number of primary amides is 1. The van der Waals surface area contributed by atoms with Crippen LogP contribution < -0.4 is 10.6 Å². The average molecular weight is 469 g/mol. The fourth-order valence-corrected chi connectivity index (χ4v) is 5.98. The first kappa shape index (κ1) is 21.5. The lowest BCUT2D eigenvalue weighted by Gasteiger charge is -2.42. The van der Waals surface area contributed by atoms with Crippen LogP contribution in [-0.2, 0) is 15.1 Å². The van der Waals surface area contributed by atoms with E-state index in [2.05, 4.69) is 5.10 Å². The number of halogens is 1. The maximum atomic E-state index is 13.6. The second-order valence-electron chi connectivity index (χ2n) is 9.80. The van der Waals surface area contributed by atoms with E-state index in [1.54, 1.807) is 23.0 Å². The fraction of sp³-hybridized carbons (Fsp3) is 0.250. The van der Waals surface area contributed by atoms with Crippen LogP contribution in [0.25, 0.3) is 16.6 Å². The molecule has 1 saturated heterocycles. The Bertz CT molecular complexity index is 1460. The predicted molar refractivity (Wildman–Crippen MR) is 131 cm³/mol. The SMILES string of the molecule is C[C@]1(c2ccccc2)[C@H](C2(C(N)=O)CC2)CC(=O)N1c1ccc2c(cnn2-c2ccc(F)cc2)c1. The zero-order chi connectivity index (χ0) is 24.4. The molecule has 6 rings (SSSR count). The summed E-state index contributed by atoms with van der Waals surface area (Å²) in [5.41, 5.74) is 7.81. The van der Waals surface area contributed by atoms with Crippen molar-refractivity contribution in [3.8, 4) is 5.69 Å². The quantitative estimate of drug-likeness (QED) is 0.461. The Balaban J connectivity index is 1.47. The van der Waals surface area contributed by atoms with Crippen molar-refractivity contribution in [1.29, 1.82) is 0 Å². The largest absolute Gasteiger partial charge is 0.369 e. The molecular weight excluding hydrogens is 443 g/mol. The van der Waals surface area contributed by atoms with Gasteiger partial charge in [-0.3, -0.25) is 9.59 Å². The molecule has 1 aliphatic heterocycles. The minimum Gasteiger partial charge on any atom is -0.369 e. The molecule has 1 aliphatic carbocycles. The number of benzene rings is 3. The van der Waals surface area contributed by atoms with E-state index in [9.17, 15) is 14.0 Å². The standard InChI is InChI=1S/C28H25FN4O2/c1-27(19-5-3-2-4-6-19)24(28(13-14-28)26(30)35)16-25(34)32(27)22-11-12-23-18(15-22)17-31-33(23)21-9-7-20(29)8-10-21/h2-12,15,17,24H,13-14,16H2,1H3,(H2,30,35)/t24-,27+/m1/s1. The third-order valence-electron chi connectivity index (χ3n) is 7.96. The molecule has 4 aromatic rings. The minimum atomic E-state index is -0.732. The van der Waals surface area contributed by atoms with Crippen molar-refractivity contribution in [3.05, 3.63) is 90.4 Å². The van der Waals surface area contributed by atoms with Gasteiger partial charge in [0, 0.05) is 23.4 Å². The summed E-state index contributed by atoms with van der Waals surface area (Å²) in [4.78, 5) is 28.0. The summed E-state index contributed by atoms with van der Waals surface area (Å²) in [6, 6.07) is 21.8. The number of anilines is 1. The van der Waals surface area contributed by atoms with Crippen molar-refractivity contribution in [1.82, 2.24) is 9.78 Å². The molecule has 2 atom stereocenters. The fourth-order valence-electron chi connectivity index (χ4n) is 5.98. The van der Waals surface area contributed by atoms with Gasteiger partial charge in [-0.25, -0.2) is 9.07 Å². The number of carbonyl (C=O) groups is 2. The summed E-state index contributed by atoms with van der Waals surface area (Å²) < 4.78 is 15.1. The van der Waals surface area contributed by atoms with Crippen LogP contribution in [0.1, 0.15) is 31.7 Å². The molecule has 0 unspecified atom stereocenters. The summed E-state index contributed by atoms with van der Waals surface area (Å²) >= 11 is 0. The van der Waals surface area contributed by atoms with Gasteiger partial charge in [-0.05, 0) is 67.8 Å². The third kappa shape index (κ3) is 3.11. The summed E-state index contributed by atoms with van der Waals surface area (Å²) in [6.45, 7) is 2.05. The maximum absolute atomic E-state index is 13.6. The van der Waals surface area contributed by atoms with E-state index in [1.807, 2.05) is 60.4 Å². The summed E-state index contributed by atoms with van der Waals surface area (Å²) in [5.74, 6) is -0.881. The summed E-state index contributed by atoms with van der Waals surface area (Å²) in [6.07, 6.45) is 3.42. The number of rotatable bonds is 5. The van der Waals surface area contributed by atoms with Gasteiger partial charge in [-0.15, -0.1) is 0 Å². The van der Waals surface area contributed by atoms with Crippen LogP contribution in [0.4, 0.5) is 10.1 Å². The molecule has 35 heavy (non-hydrogen) atoms. The minimum absolute atomic E-state index is 0.0286. The number of hydrogen-bond acceptors (Lipinski definition) is 3. The number of carbonyl (C=O) groups excluding carboxylic acids is 2. The molecule has 2 amide bonds. The molecule has 3 aromatic carbocycles. The van der Waals surface area contributed by atoms with Gasteiger partial charge in [0.25, 0.3) is 0 Å². The molecular formula is C28H25FN4O2. The monoisotopic (exact) mass is 468 g/mol. The van der Waals surface area contributed by atoms with Crippen LogP contribution in [0.15, 0.2) is 79.0 Å². The van der Waals surface area contributed by atoms with Crippen molar-refractivity contribution in [2.45, 2.75) is 31.7 Å². The van der Waals surface area contributed by atoms with Crippen molar-refractivity contribution >= 4 is 28.4 Å². The van der Waals surface area contributed by atoms with E-state index in [0.29, 0.717) is 12.8 Å². The molecule has 0 spiro atoms. The molecule has 6 nitrogen and oxygen atoms in total. The van der Waals surface area contributed by atoms with Crippen LogP contribution in [0.2, 0.25) is 0 Å². The first-order valence-electron chi connectivity index (χ1n) is 11.8. The Kier molecular flexibility index (Phi) is 4.61. The maximum Gasteiger partial charge on any atom is 0.228 e. The Hall–Kier alpha value is -4.00. The molecule has 1 saturated carbocycles. The Morgan fingerprint density at radius 2 is 1.71 bits per heavy atom. The Labute approximate surface area is 202 Å². The topological polar surface area (TPSA) is 81.2 Å². The van der Waals surface area contributed by atoms with Crippen LogP contribution in [0, 0.1) is 17.2 Å². The number of nitrogens with zero attached hydrogens (tertiary/aromatic N) is 3. The van der Waals surface area contributed by atoms with E-state index < -0.39 is 11.0 Å². The smallest absolute Gasteiger partial charge is 0.228 e. The molecule has 2 aliphatic rings. The average Bonchev–Trinajstić information content (AvgIpc) is 3.49. The Morgan fingerprint density at radius 1 is 1.03 bits per heavy atom. The molecule has 2 fully saturated rings. The number of amides is 2. The van der Waals surface area contributed by atoms with Gasteiger partial charge in [0.1, 0.15) is 5.82 Å². The first-order chi connectivity index (χ1) is 16.8. The van der Waals surface area contributed by atoms with Gasteiger partial charge in [-0.2, -0.15) is 5.10 Å². The molecule has 0 bridgehead atoms. The predicted octanol–water partition coefficient (Wildman–Crippen LogP) is 4.70. The zero-order valence-electron chi connectivity index (χ0n) is 19.3. The van der Waals surface area contributed by atoms with E-state index in [1.165, 1.54) is 12.1 Å². The van der Waals surface area contributed by atoms with E-state index >= 15 is 0 Å². The first-order valence-corrected chi connectivity index (χ1v) is 11.8. The van der Waals surface area contributed by atoms with E-state index in [4.69, 9.17) is 5.73 Å². The van der Waals surface area contributed by atoms with Crippen molar-refractivity contribution < 1.29 is 14.0 Å². The second kappa shape index (κ2) is 7.50. The molecule has 1 aromatic heterocycles. The molecule has 2 N–H and O–H groups in total. The highest BCUT2D eigenvalue weighted by molar-refractivity contribution is 6.01. The van der Waals surface area contributed by atoms with E-state index in [0.717, 1.165) is 27.8 Å². The Morgan fingerprint density at radius 3 is 2.37 bits per heavy atom. The molecule has 0 radical (unpaired) electrons. The third-order valence-corrected chi connectivity index (χ3v) is 7.96. The van der Waals surface area contributed by atoms with Crippen molar-refractivity contribution in [2.75, 3.05) is 4.90 Å². The molecule has 7 heteroatoms. The lowest BCUT2D eigenvalue weighted by Crippen LogP contribution is -2.49. The lowest BCUT2D eigenvalue weighted by molar-refractivity contribution is -0.125. The zero-order valence-corrected chi connectivity index (χ0v) is 19.3. The normalized spacial score (nSPS) is 23.1. The van der Waals surface area contributed by atoms with Gasteiger partial charge in [0.2, 0.25) is 11.8 Å². The number of nitrogens with two attached hydrogens (primary N) is 1.